The molecule has 0 radical (unpaired) electrons. The van der Waals surface area contributed by atoms with E-state index in [0.29, 0.717) is 5.92 Å². The quantitative estimate of drug-likeness (QED) is 0.568. The molecule has 64 valence electrons. The summed E-state index contributed by atoms with van der Waals surface area (Å²) in [5, 5.41) is 0. The van der Waals surface area contributed by atoms with Gasteiger partial charge in [-0.1, -0.05) is 13.8 Å². The zero-order chi connectivity index (χ0) is 8.27. The van der Waals surface area contributed by atoms with Crippen molar-refractivity contribution in [3.8, 4) is 0 Å². The second kappa shape index (κ2) is 3.86. The van der Waals surface area contributed by atoms with Crippen molar-refractivity contribution in [2.24, 2.45) is 11.8 Å². The number of hydrogen-bond donors (Lipinski definition) is 0. The lowest BCUT2D eigenvalue weighted by molar-refractivity contribution is -0.113. The van der Waals surface area contributed by atoms with Crippen LogP contribution in [0.2, 0.25) is 0 Å². The molecule has 1 unspecified atom stereocenters. The molecule has 0 aromatic heterocycles. The van der Waals surface area contributed by atoms with Gasteiger partial charge in [0.1, 0.15) is 6.29 Å². The fourth-order valence-corrected chi connectivity index (χ4v) is 1.27. The highest BCUT2D eigenvalue weighted by Gasteiger charge is 2.20. The minimum absolute atomic E-state index is 0.246. The minimum atomic E-state index is 0.246. The van der Waals surface area contributed by atoms with E-state index in [-0.39, 0.29) is 5.92 Å². The van der Waals surface area contributed by atoms with Gasteiger partial charge in [0, 0.05) is 12.5 Å². The van der Waals surface area contributed by atoms with Crippen LogP contribution in [-0.2, 0) is 4.79 Å². The smallest absolute Gasteiger partial charge is 0.124 e. The average molecular weight is 155 g/mol. The molecule has 1 aliphatic rings. The Kier molecular flexibility index (Phi) is 3.06. The third-order valence-corrected chi connectivity index (χ3v) is 2.45. The summed E-state index contributed by atoms with van der Waals surface area (Å²) in [5.74, 6) is 0.739. The maximum absolute atomic E-state index is 10.6. The molecule has 0 aromatic rings. The van der Waals surface area contributed by atoms with E-state index in [1.807, 2.05) is 0 Å². The molecule has 0 aliphatic carbocycles. The van der Waals surface area contributed by atoms with E-state index in [1.54, 1.807) is 0 Å². The van der Waals surface area contributed by atoms with E-state index in [9.17, 15) is 4.79 Å². The van der Waals surface area contributed by atoms with Crippen LogP contribution in [0.25, 0.3) is 0 Å². The van der Waals surface area contributed by atoms with Crippen LogP contribution in [0.5, 0.6) is 0 Å². The Hall–Kier alpha value is -0.370. The summed E-state index contributed by atoms with van der Waals surface area (Å²) in [5.41, 5.74) is 0. The predicted octanol–water partition coefficient (Wildman–Crippen LogP) is 1.16. The number of hydrogen-bond acceptors (Lipinski definition) is 2. The maximum Gasteiger partial charge on any atom is 0.124 e. The number of carbonyl (C=O) groups is 1. The summed E-state index contributed by atoms with van der Waals surface area (Å²) < 4.78 is 0. The molecule has 0 saturated carbocycles. The molecule has 1 atom stereocenters. The Balaban J connectivity index is 2.24. The summed E-state index contributed by atoms with van der Waals surface area (Å²) in [7, 11) is 0. The first-order chi connectivity index (χ1) is 5.24. The Morgan fingerprint density at radius 3 is 2.36 bits per heavy atom. The normalized spacial score (nSPS) is 21.4. The standard InChI is InChI=1S/C9H17NO/c1-8(2)9(7-11)6-10-4-3-5-10/h7-9H,3-6H2,1-2H3. The van der Waals surface area contributed by atoms with Gasteiger partial charge < -0.3 is 9.69 Å². The van der Waals surface area contributed by atoms with E-state index in [1.165, 1.54) is 19.5 Å². The van der Waals surface area contributed by atoms with E-state index in [4.69, 9.17) is 0 Å². The fourth-order valence-electron chi connectivity index (χ4n) is 1.27. The van der Waals surface area contributed by atoms with Crippen molar-refractivity contribution in [1.82, 2.24) is 4.90 Å². The SMILES string of the molecule is CC(C)C(C=O)CN1CCC1. The van der Waals surface area contributed by atoms with Crippen molar-refractivity contribution in [3.63, 3.8) is 0 Å². The molecule has 1 rings (SSSR count). The van der Waals surface area contributed by atoms with Gasteiger partial charge in [-0.15, -0.1) is 0 Å². The number of likely N-dealkylation sites (tertiary alicyclic amines) is 1. The number of aldehydes is 1. The van der Waals surface area contributed by atoms with E-state index < -0.39 is 0 Å². The molecule has 11 heavy (non-hydrogen) atoms. The lowest BCUT2D eigenvalue weighted by Gasteiger charge is -2.33. The number of carbonyl (C=O) groups excluding carboxylic acids is 1. The van der Waals surface area contributed by atoms with Crippen molar-refractivity contribution >= 4 is 6.29 Å². The topological polar surface area (TPSA) is 20.3 Å². The van der Waals surface area contributed by atoms with Gasteiger partial charge in [0.25, 0.3) is 0 Å². The van der Waals surface area contributed by atoms with E-state index in [0.717, 1.165) is 12.8 Å². The molecule has 0 amide bonds. The van der Waals surface area contributed by atoms with Crippen molar-refractivity contribution in [2.75, 3.05) is 19.6 Å². The van der Waals surface area contributed by atoms with Crippen LogP contribution in [0.1, 0.15) is 20.3 Å². The molecular weight excluding hydrogens is 138 g/mol. The predicted molar refractivity (Wildman–Crippen MR) is 45.4 cm³/mol. The lowest BCUT2D eigenvalue weighted by Crippen LogP contribution is -2.41. The molecule has 0 aromatic carbocycles. The molecule has 0 N–H and O–H groups in total. The Morgan fingerprint density at radius 1 is 1.45 bits per heavy atom. The van der Waals surface area contributed by atoms with Crippen LogP contribution >= 0.6 is 0 Å². The van der Waals surface area contributed by atoms with Gasteiger partial charge in [-0.25, -0.2) is 0 Å². The summed E-state index contributed by atoms with van der Waals surface area (Å²) in [6, 6.07) is 0. The molecule has 2 heteroatoms. The largest absolute Gasteiger partial charge is 0.303 e. The molecule has 1 aliphatic heterocycles. The van der Waals surface area contributed by atoms with Gasteiger partial charge in [0.15, 0.2) is 0 Å². The Labute approximate surface area is 68.6 Å². The summed E-state index contributed by atoms with van der Waals surface area (Å²) in [6.07, 6.45) is 2.41. The van der Waals surface area contributed by atoms with Gasteiger partial charge in [-0.2, -0.15) is 0 Å². The van der Waals surface area contributed by atoms with Gasteiger partial charge in [0.2, 0.25) is 0 Å². The highest BCUT2D eigenvalue weighted by atomic mass is 16.1. The molecule has 0 bridgehead atoms. The number of rotatable bonds is 4. The van der Waals surface area contributed by atoms with Gasteiger partial charge >= 0.3 is 0 Å². The van der Waals surface area contributed by atoms with Gasteiger partial charge in [0.05, 0.1) is 0 Å². The van der Waals surface area contributed by atoms with Crippen molar-refractivity contribution < 1.29 is 4.79 Å². The first-order valence-electron chi connectivity index (χ1n) is 4.41. The number of nitrogens with zero attached hydrogens (tertiary/aromatic N) is 1. The fraction of sp³-hybridized carbons (Fsp3) is 0.889. The van der Waals surface area contributed by atoms with E-state index >= 15 is 0 Å². The van der Waals surface area contributed by atoms with Crippen LogP contribution in [0.15, 0.2) is 0 Å². The van der Waals surface area contributed by atoms with Crippen LogP contribution in [-0.4, -0.2) is 30.8 Å². The highest BCUT2D eigenvalue weighted by Crippen LogP contribution is 2.14. The van der Waals surface area contributed by atoms with E-state index in [2.05, 4.69) is 18.7 Å². The van der Waals surface area contributed by atoms with Crippen molar-refractivity contribution in [1.29, 1.82) is 0 Å². The average Bonchev–Trinajstić information content (AvgIpc) is 1.85. The van der Waals surface area contributed by atoms with Crippen LogP contribution in [0.3, 0.4) is 0 Å². The zero-order valence-corrected chi connectivity index (χ0v) is 7.42. The Morgan fingerprint density at radius 2 is 2.09 bits per heavy atom. The van der Waals surface area contributed by atoms with Crippen LogP contribution in [0.4, 0.5) is 0 Å². The summed E-state index contributed by atoms with van der Waals surface area (Å²) in [6.45, 7) is 7.58. The molecule has 1 fully saturated rings. The third kappa shape index (κ3) is 2.29. The Bertz CT molecular complexity index is 130. The lowest BCUT2D eigenvalue weighted by atomic mass is 9.96. The van der Waals surface area contributed by atoms with Crippen molar-refractivity contribution in [2.45, 2.75) is 20.3 Å². The second-order valence-corrected chi connectivity index (χ2v) is 3.70. The molecule has 1 heterocycles. The summed E-state index contributed by atoms with van der Waals surface area (Å²) >= 11 is 0. The maximum atomic E-state index is 10.6. The van der Waals surface area contributed by atoms with Crippen LogP contribution in [0, 0.1) is 11.8 Å². The molecular formula is C9H17NO. The van der Waals surface area contributed by atoms with Crippen molar-refractivity contribution in [3.05, 3.63) is 0 Å². The first-order valence-corrected chi connectivity index (χ1v) is 4.41. The van der Waals surface area contributed by atoms with Gasteiger partial charge in [-0.05, 0) is 25.4 Å². The summed E-state index contributed by atoms with van der Waals surface area (Å²) in [4.78, 5) is 12.9. The second-order valence-electron chi connectivity index (χ2n) is 3.70. The minimum Gasteiger partial charge on any atom is -0.303 e. The third-order valence-electron chi connectivity index (χ3n) is 2.45. The van der Waals surface area contributed by atoms with Crippen LogP contribution < -0.4 is 0 Å². The molecule has 2 nitrogen and oxygen atoms in total. The zero-order valence-electron chi connectivity index (χ0n) is 7.42. The highest BCUT2D eigenvalue weighted by molar-refractivity contribution is 5.54. The monoisotopic (exact) mass is 155 g/mol. The van der Waals surface area contributed by atoms with Gasteiger partial charge in [-0.3, -0.25) is 0 Å². The first kappa shape index (κ1) is 8.72. The molecule has 1 saturated heterocycles. The molecule has 0 spiro atoms.